The predicted molar refractivity (Wildman–Crippen MR) is 139 cm³/mol. The lowest BCUT2D eigenvalue weighted by Crippen LogP contribution is -2.17. The molecule has 5 rings (SSSR count). The number of hydrogen-bond acceptors (Lipinski definition) is 7. The van der Waals surface area contributed by atoms with Crippen molar-refractivity contribution >= 4 is 35.1 Å². The third-order valence-electron chi connectivity index (χ3n) is 5.26. The summed E-state index contributed by atoms with van der Waals surface area (Å²) in [7, 11) is 0. The Morgan fingerprint density at radius 3 is 2.51 bits per heavy atom. The Kier molecular flexibility index (Phi) is 7.25. The molecule has 0 aliphatic carbocycles. The minimum Gasteiger partial charge on any atom is -0.486 e. The summed E-state index contributed by atoms with van der Waals surface area (Å²) < 4.78 is 13.2. The molecule has 1 aliphatic heterocycles. The van der Waals surface area contributed by atoms with E-state index in [0.29, 0.717) is 41.3 Å². The first-order chi connectivity index (χ1) is 17.2. The number of hydrogen-bond donors (Lipinski definition) is 1. The number of rotatable bonds is 8. The van der Waals surface area contributed by atoms with E-state index in [9.17, 15) is 4.79 Å². The van der Waals surface area contributed by atoms with Gasteiger partial charge in [-0.2, -0.15) is 0 Å². The lowest BCUT2D eigenvalue weighted by atomic mass is 10.2. The largest absolute Gasteiger partial charge is 0.486 e. The summed E-state index contributed by atoms with van der Waals surface area (Å²) in [5, 5.41) is 12.5. The molecule has 4 aromatic rings. The monoisotopic (exact) mass is 504 g/mol. The maximum absolute atomic E-state index is 12.7. The van der Waals surface area contributed by atoms with Gasteiger partial charge in [0.1, 0.15) is 19.0 Å². The van der Waals surface area contributed by atoms with Crippen LogP contribution in [-0.4, -0.2) is 39.6 Å². The Labute approximate surface area is 212 Å². The lowest BCUT2D eigenvalue weighted by molar-refractivity contribution is -0.113. The zero-order valence-electron chi connectivity index (χ0n) is 19.1. The molecular weight excluding hydrogens is 480 g/mol. The molecule has 1 N–H and O–H groups in total. The molecule has 0 bridgehead atoms. The number of ether oxygens (including phenoxy) is 2. The Balaban J connectivity index is 1.29. The average Bonchev–Trinajstić information content (AvgIpc) is 3.30. The highest BCUT2D eigenvalue weighted by molar-refractivity contribution is 7.99. The Morgan fingerprint density at radius 1 is 0.943 bits per heavy atom. The van der Waals surface area contributed by atoms with Crippen LogP contribution in [0.3, 0.4) is 0 Å². The van der Waals surface area contributed by atoms with E-state index in [4.69, 9.17) is 9.47 Å². The van der Waals surface area contributed by atoms with Crippen molar-refractivity contribution in [2.45, 2.75) is 22.7 Å². The second-order valence-corrected chi connectivity index (χ2v) is 9.86. The summed E-state index contributed by atoms with van der Waals surface area (Å²) in [6.07, 6.45) is 0. The van der Waals surface area contributed by atoms with Crippen molar-refractivity contribution in [2.75, 3.05) is 24.3 Å². The Bertz CT molecular complexity index is 1310. The van der Waals surface area contributed by atoms with Crippen LogP contribution in [-0.2, 0) is 10.5 Å². The molecule has 9 heteroatoms. The predicted octanol–water partition coefficient (Wildman–Crippen LogP) is 5.37. The summed E-state index contributed by atoms with van der Waals surface area (Å²) in [6.45, 7) is 3.09. The number of nitrogens with one attached hydrogen (secondary N) is 1. The number of anilines is 1. The van der Waals surface area contributed by atoms with Gasteiger partial charge < -0.3 is 14.8 Å². The summed E-state index contributed by atoms with van der Waals surface area (Å²) >= 11 is 3.06. The first-order valence-electron chi connectivity index (χ1n) is 11.2. The normalized spacial score (nSPS) is 12.4. The van der Waals surface area contributed by atoms with E-state index < -0.39 is 0 Å². The number of thioether (sulfide) groups is 2. The number of benzene rings is 3. The van der Waals surface area contributed by atoms with Gasteiger partial charge in [-0.1, -0.05) is 47.7 Å². The van der Waals surface area contributed by atoms with Crippen LogP contribution in [0.1, 0.15) is 11.4 Å². The second kappa shape index (κ2) is 10.9. The maximum atomic E-state index is 12.7. The molecule has 2 heterocycles. The molecule has 0 radical (unpaired) electrons. The lowest BCUT2D eigenvalue weighted by Gasteiger charge is -2.19. The molecule has 178 valence electrons. The summed E-state index contributed by atoms with van der Waals surface area (Å²) in [6, 6.07) is 23.8. The van der Waals surface area contributed by atoms with Gasteiger partial charge in [0, 0.05) is 22.3 Å². The molecule has 1 aromatic heterocycles. The first kappa shape index (κ1) is 23.3. The van der Waals surface area contributed by atoms with Crippen LogP contribution in [0.4, 0.5) is 5.69 Å². The van der Waals surface area contributed by atoms with E-state index >= 15 is 0 Å². The van der Waals surface area contributed by atoms with Crippen molar-refractivity contribution in [2.24, 2.45) is 0 Å². The fraction of sp³-hybridized carbons (Fsp3) is 0.192. The minimum atomic E-state index is -0.134. The van der Waals surface area contributed by atoms with Gasteiger partial charge in [-0.15, -0.1) is 22.0 Å². The third-order valence-corrected chi connectivity index (χ3v) is 7.20. The fourth-order valence-corrected chi connectivity index (χ4v) is 5.16. The number of carbonyl (C=O) groups excluding carboxylic acids is 1. The number of fused-ring (bicyclic) bond motifs is 1. The highest BCUT2D eigenvalue weighted by atomic mass is 32.2. The van der Waals surface area contributed by atoms with Crippen molar-refractivity contribution in [1.82, 2.24) is 14.8 Å². The molecule has 0 saturated heterocycles. The zero-order valence-corrected chi connectivity index (χ0v) is 20.8. The number of aryl methyl sites for hydroxylation is 1. The smallest absolute Gasteiger partial charge is 0.234 e. The second-order valence-electron chi connectivity index (χ2n) is 7.87. The molecule has 1 aliphatic rings. The molecule has 0 unspecified atom stereocenters. The summed E-state index contributed by atoms with van der Waals surface area (Å²) in [4.78, 5) is 13.9. The van der Waals surface area contributed by atoms with Crippen LogP contribution in [0.15, 0.2) is 82.8 Å². The standard InChI is InChI=1S/C26H24N4O3S2/c1-18-7-10-20(11-8-18)30-24(16-34-21-5-3-2-4-6-21)28-29-26(30)35-17-25(31)27-19-9-12-22-23(15-19)33-14-13-32-22/h2-12,15H,13-14,16-17H2,1H3,(H,27,31). The van der Waals surface area contributed by atoms with Gasteiger partial charge in [-0.25, -0.2) is 0 Å². The SMILES string of the molecule is Cc1ccc(-n2c(CSc3ccccc3)nnc2SCC(=O)Nc2ccc3c(c2)OCCO3)cc1. The topological polar surface area (TPSA) is 78.3 Å². The maximum Gasteiger partial charge on any atom is 0.234 e. The van der Waals surface area contributed by atoms with Gasteiger partial charge >= 0.3 is 0 Å². The van der Waals surface area contributed by atoms with E-state index in [1.807, 2.05) is 34.9 Å². The quantitative estimate of drug-likeness (QED) is 0.323. The molecule has 7 nitrogen and oxygen atoms in total. The van der Waals surface area contributed by atoms with Gasteiger partial charge in [0.2, 0.25) is 5.91 Å². The van der Waals surface area contributed by atoms with Crippen molar-refractivity contribution in [3.05, 3.63) is 84.2 Å². The number of amides is 1. The van der Waals surface area contributed by atoms with Gasteiger partial charge in [-0.05, 0) is 43.3 Å². The molecule has 0 fully saturated rings. The van der Waals surface area contributed by atoms with E-state index in [1.54, 1.807) is 17.8 Å². The van der Waals surface area contributed by atoms with Crippen LogP contribution >= 0.6 is 23.5 Å². The van der Waals surface area contributed by atoms with Crippen molar-refractivity contribution in [3.8, 4) is 17.2 Å². The first-order valence-corrected chi connectivity index (χ1v) is 13.1. The summed E-state index contributed by atoms with van der Waals surface area (Å²) in [5.41, 5.74) is 2.81. The fourth-order valence-electron chi connectivity index (χ4n) is 3.55. The molecule has 0 saturated carbocycles. The Morgan fingerprint density at radius 2 is 1.71 bits per heavy atom. The van der Waals surface area contributed by atoms with Gasteiger partial charge in [-0.3, -0.25) is 9.36 Å². The number of carbonyl (C=O) groups is 1. The number of nitrogens with zero attached hydrogens (tertiary/aromatic N) is 3. The van der Waals surface area contributed by atoms with Gasteiger partial charge in [0.25, 0.3) is 0 Å². The van der Waals surface area contributed by atoms with E-state index in [-0.39, 0.29) is 11.7 Å². The Hall–Kier alpha value is -3.43. The third kappa shape index (κ3) is 5.80. The highest BCUT2D eigenvalue weighted by Gasteiger charge is 2.17. The highest BCUT2D eigenvalue weighted by Crippen LogP contribution is 2.33. The molecule has 35 heavy (non-hydrogen) atoms. The summed E-state index contributed by atoms with van der Waals surface area (Å²) in [5.74, 6) is 2.89. The van der Waals surface area contributed by atoms with E-state index in [0.717, 1.165) is 11.5 Å². The molecule has 1 amide bonds. The number of aromatic nitrogens is 3. The van der Waals surface area contributed by atoms with Crippen LogP contribution < -0.4 is 14.8 Å². The minimum absolute atomic E-state index is 0.134. The van der Waals surface area contributed by atoms with Gasteiger partial charge in [0.15, 0.2) is 16.7 Å². The molecule has 3 aromatic carbocycles. The average molecular weight is 505 g/mol. The van der Waals surface area contributed by atoms with Crippen LogP contribution in [0, 0.1) is 6.92 Å². The molecule has 0 spiro atoms. The van der Waals surface area contributed by atoms with E-state index in [2.05, 4.69) is 58.8 Å². The van der Waals surface area contributed by atoms with Crippen LogP contribution in [0.5, 0.6) is 11.5 Å². The van der Waals surface area contributed by atoms with Crippen molar-refractivity contribution < 1.29 is 14.3 Å². The van der Waals surface area contributed by atoms with Crippen molar-refractivity contribution in [1.29, 1.82) is 0 Å². The van der Waals surface area contributed by atoms with Crippen LogP contribution in [0.2, 0.25) is 0 Å². The van der Waals surface area contributed by atoms with E-state index in [1.165, 1.54) is 22.2 Å². The van der Waals surface area contributed by atoms with Crippen LogP contribution in [0.25, 0.3) is 5.69 Å². The molecular formula is C26H24N4O3S2. The molecule has 0 atom stereocenters. The zero-order chi connectivity index (χ0) is 24.0. The van der Waals surface area contributed by atoms with Gasteiger partial charge in [0.05, 0.1) is 11.5 Å². The van der Waals surface area contributed by atoms with Crippen molar-refractivity contribution in [3.63, 3.8) is 0 Å².